The second-order valence-electron chi connectivity index (χ2n) is 3.68. The Balaban J connectivity index is 3.60. The van der Waals surface area contributed by atoms with E-state index in [9.17, 15) is 19.2 Å². The highest BCUT2D eigenvalue weighted by molar-refractivity contribution is 6.05. The highest BCUT2D eigenvalue weighted by Gasteiger charge is 2.27. The summed E-state index contributed by atoms with van der Waals surface area (Å²) in [6.07, 6.45) is 1.53. The maximum absolute atomic E-state index is 11.3. The van der Waals surface area contributed by atoms with Gasteiger partial charge in [0.2, 0.25) is 0 Å². The van der Waals surface area contributed by atoms with Gasteiger partial charge in [0.05, 0.1) is 5.56 Å². The summed E-state index contributed by atoms with van der Waals surface area (Å²) >= 11 is 0. The fraction of sp³-hybridized carbons (Fsp3) is 0. The monoisotopic (exact) mass is 306 g/mol. The molecule has 22 heavy (non-hydrogen) atoms. The summed E-state index contributed by atoms with van der Waals surface area (Å²) in [7, 11) is 0. The molecule has 1 rings (SSSR count). The van der Waals surface area contributed by atoms with Crippen LogP contribution in [0.2, 0.25) is 0 Å². The molecule has 0 aliphatic rings. The molecule has 2 N–H and O–H groups in total. The standard InChI is InChI=1S/C14H10O8/c1-3-9(15)21-8-6-5-7(13(17)18)11(14(19)20)12(8)22-10(16)4-2/h3-6H,1-2H2,(H,17,18)(H,19,20). The number of aromatic carboxylic acids is 2. The molecule has 0 unspecified atom stereocenters. The fourth-order valence-corrected chi connectivity index (χ4v) is 1.43. The minimum absolute atomic E-state index is 0.442. The third kappa shape index (κ3) is 3.57. The van der Waals surface area contributed by atoms with Crippen LogP contribution in [-0.2, 0) is 9.59 Å². The van der Waals surface area contributed by atoms with Gasteiger partial charge in [-0.2, -0.15) is 0 Å². The van der Waals surface area contributed by atoms with Crippen LogP contribution in [0.15, 0.2) is 37.4 Å². The van der Waals surface area contributed by atoms with Crippen LogP contribution < -0.4 is 9.47 Å². The smallest absolute Gasteiger partial charge is 0.340 e. The summed E-state index contributed by atoms with van der Waals surface area (Å²) < 4.78 is 9.45. The van der Waals surface area contributed by atoms with Crippen molar-refractivity contribution in [1.82, 2.24) is 0 Å². The zero-order chi connectivity index (χ0) is 16.9. The zero-order valence-electron chi connectivity index (χ0n) is 11.1. The first kappa shape index (κ1) is 16.6. The van der Waals surface area contributed by atoms with Crippen LogP contribution in [0.25, 0.3) is 0 Å². The molecule has 0 atom stereocenters. The number of rotatable bonds is 6. The molecule has 0 saturated heterocycles. The highest BCUT2D eigenvalue weighted by Crippen LogP contribution is 2.34. The first-order valence-electron chi connectivity index (χ1n) is 5.63. The maximum Gasteiger partial charge on any atom is 0.340 e. The third-order valence-electron chi connectivity index (χ3n) is 2.31. The Morgan fingerprint density at radius 3 is 1.91 bits per heavy atom. The van der Waals surface area contributed by atoms with Gasteiger partial charge in [-0.1, -0.05) is 13.2 Å². The quantitative estimate of drug-likeness (QED) is 0.457. The van der Waals surface area contributed by atoms with E-state index in [0.717, 1.165) is 24.3 Å². The topological polar surface area (TPSA) is 127 Å². The predicted octanol–water partition coefficient (Wildman–Crippen LogP) is 1.27. The summed E-state index contributed by atoms with van der Waals surface area (Å²) in [6.45, 7) is 6.29. The maximum atomic E-state index is 11.3. The molecule has 8 nitrogen and oxygen atoms in total. The first-order valence-corrected chi connectivity index (χ1v) is 5.63. The number of carboxylic acids is 2. The van der Waals surface area contributed by atoms with Crippen LogP contribution in [0.3, 0.4) is 0 Å². The van der Waals surface area contributed by atoms with Crippen molar-refractivity contribution in [3.63, 3.8) is 0 Å². The van der Waals surface area contributed by atoms with Crippen molar-refractivity contribution >= 4 is 23.9 Å². The number of hydrogen-bond donors (Lipinski definition) is 2. The molecular weight excluding hydrogens is 296 g/mol. The van der Waals surface area contributed by atoms with Crippen molar-refractivity contribution in [2.45, 2.75) is 0 Å². The van der Waals surface area contributed by atoms with Gasteiger partial charge < -0.3 is 19.7 Å². The Morgan fingerprint density at radius 1 is 0.909 bits per heavy atom. The zero-order valence-corrected chi connectivity index (χ0v) is 11.1. The minimum atomic E-state index is -1.68. The molecule has 1 aromatic rings. The lowest BCUT2D eigenvalue weighted by Gasteiger charge is -2.13. The Kier molecular flexibility index (Phi) is 5.17. The molecule has 0 aliphatic heterocycles. The van der Waals surface area contributed by atoms with Crippen molar-refractivity contribution < 1.29 is 38.9 Å². The number of hydrogen-bond acceptors (Lipinski definition) is 6. The Morgan fingerprint density at radius 2 is 1.45 bits per heavy atom. The van der Waals surface area contributed by atoms with E-state index < -0.39 is 46.5 Å². The van der Waals surface area contributed by atoms with Gasteiger partial charge in [0.15, 0.2) is 11.5 Å². The number of carbonyl (C=O) groups excluding carboxylic acids is 2. The highest BCUT2D eigenvalue weighted by atomic mass is 16.6. The van der Waals surface area contributed by atoms with E-state index in [-0.39, 0.29) is 0 Å². The van der Waals surface area contributed by atoms with Gasteiger partial charge in [-0.3, -0.25) is 0 Å². The molecule has 0 saturated carbocycles. The lowest BCUT2D eigenvalue weighted by molar-refractivity contribution is -0.131. The number of carboxylic acid groups (broad SMARTS) is 2. The normalized spacial score (nSPS) is 9.45. The van der Waals surface area contributed by atoms with Gasteiger partial charge in [-0.25, -0.2) is 19.2 Å². The Bertz CT molecular complexity index is 686. The van der Waals surface area contributed by atoms with Gasteiger partial charge in [0.25, 0.3) is 0 Å². The largest absolute Gasteiger partial charge is 0.478 e. The molecule has 0 spiro atoms. The predicted molar refractivity (Wildman–Crippen MR) is 72.0 cm³/mol. The molecule has 0 aromatic heterocycles. The number of carbonyl (C=O) groups is 4. The van der Waals surface area contributed by atoms with Crippen LogP contribution in [-0.4, -0.2) is 34.1 Å². The molecule has 0 fully saturated rings. The van der Waals surface area contributed by atoms with Crippen LogP contribution in [0.4, 0.5) is 0 Å². The summed E-state index contributed by atoms with van der Waals surface area (Å²) in [4.78, 5) is 44.9. The van der Waals surface area contributed by atoms with E-state index in [4.69, 9.17) is 19.7 Å². The fourth-order valence-electron chi connectivity index (χ4n) is 1.43. The van der Waals surface area contributed by atoms with Crippen molar-refractivity contribution in [2.24, 2.45) is 0 Å². The van der Waals surface area contributed by atoms with Gasteiger partial charge in [-0.15, -0.1) is 0 Å². The first-order chi connectivity index (χ1) is 10.3. The molecule has 114 valence electrons. The molecule has 0 radical (unpaired) electrons. The van der Waals surface area contributed by atoms with E-state index in [1.54, 1.807) is 0 Å². The number of esters is 2. The van der Waals surface area contributed by atoms with Gasteiger partial charge in [0.1, 0.15) is 5.56 Å². The van der Waals surface area contributed by atoms with E-state index >= 15 is 0 Å². The summed E-state index contributed by atoms with van der Waals surface area (Å²) in [5, 5.41) is 18.2. The molecule has 8 heteroatoms. The minimum Gasteiger partial charge on any atom is -0.478 e. The van der Waals surface area contributed by atoms with E-state index in [1.807, 2.05) is 0 Å². The van der Waals surface area contributed by atoms with Crippen LogP contribution in [0.5, 0.6) is 11.5 Å². The Hall–Kier alpha value is -3.42. The lowest BCUT2D eigenvalue weighted by atomic mass is 10.1. The van der Waals surface area contributed by atoms with Crippen LogP contribution >= 0.6 is 0 Å². The SMILES string of the molecule is C=CC(=O)Oc1ccc(C(=O)O)c(C(=O)O)c1OC(=O)C=C. The average Bonchev–Trinajstić information content (AvgIpc) is 2.47. The number of benzene rings is 1. The Labute approximate surface area is 123 Å². The van der Waals surface area contributed by atoms with Gasteiger partial charge >= 0.3 is 23.9 Å². The summed E-state index contributed by atoms with van der Waals surface area (Å²) in [5.74, 6) is -6.40. The summed E-state index contributed by atoms with van der Waals surface area (Å²) in [5.41, 5.74) is -1.48. The third-order valence-corrected chi connectivity index (χ3v) is 2.31. The van der Waals surface area contributed by atoms with Crippen LogP contribution in [0, 0.1) is 0 Å². The molecule has 0 aliphatic carbocycles. The average molecular weight is 306 g/mol. The van der Waals surface area contributed by atoms with Crippen molar-refractivity contribution in [1.29, 1.82) is 0 Å². The van der Waals surface area contributed by atoms with Crippen molar-refractivity contribution in [3.8, 4) is 11.5 Å². The second-order valence-corrected chi connectivity index (χ2v) is 3.68. The van der Waals surface area contributed by atoms with Crippen molar-refractivity contribution in [3.05, 3.63) is 48.6 Å². The number of ether oxygens (including phenoxy) is 2. The molecular formula is C14H10O8. The van der Waals surface area contributed by atoms with Gasteiger partial charge in [0, 0.05) is 12.2 Å². The van der Waals surface area contributed by atoms with E-state index in [0.29, 0.717) is 0 Å². The van der Waals surface area contributed by atoms with Crippen molar-refractivity contribution in [2.75, 3.05) is 0 Å². The van der Waals surface area contributed by atoms with E-state index in [2.05, 4.69) is 13.2 Å². The summed E-state index contributed by atoms with van der Waals surface area (Å²) in [6, 6.07) is 1.89. The van der Waals surface area contributed by atoms with Gasteiger partial charge in [-0.05, 0) is 12.1 Å². The molecule has 0 heterocycles. The lowest BCUT2D eigenvalue weighted by Crippen LogP contribution is -2.15. The molecule has 1 aromatic carbocycles. The second kappa shape index (κ2) is 6.84. The van der Waals surface area contributed by atoms with Crippen LogP contribution in [0.1, 0.15) is 20.7 Å². The van der Waals surface area contributed by atoms with E-state index in [1.165, 1.54) is 0 Å². The molecule has 0 amide bonds. The molecule has 0 bridgehead atoms.